The summed E-state index contributed by atoms with van der Waals surface area (Å²) in [6, 6.07) is 4.78. The molecule has 0 fully saturated rings. The first-order valence-electron chi connectivity index (χ1n) is 6.51. The standard InChI is InChI=1S/C14H22FN3O2/c1-14(2,3)20-13(19)18-7-6-17-12-5-4-10(9-16)8-11(12)15/h4-5,8,17H,6-7,9,16H2,1-3H3,(H,18,19). The van der Waals surface area contributed by atoms with Gasteiger partial charge in [-0.15, -0.1) is 0 Å². The zero-order chi connectivity index (χ0) is 15.2. The number of carbonyl (C=O) groups excluding carboxylic acids is 1. The molecular formula is C14H22FN3O2. The van der Waals surface area contributed by atoms with Gasteiger partial charge in [0.1, 0.15) is 11.4 Å². The largest absolute Gasteiger partial charge is 0.444 e. The summed E-state index contributed by atoms with van der Waals surface area (Å²) in [6.07, 6.45) is -0.488. The summed E-state index contributed by atoms with van der Waals surface area (Å²) in [7, 11) is 0. The molecule has 1 amide bonds. The van der Waals surface area contributed by atoms with Gasteiger partial charge in [-0.1, -0.05) is 6.07 Å². The van der Waals surface area contributed by atoms with Gasteiger partial charge in [0, 0.05) is 19.6 Å². The molecular weight excluding hydrogens is 261 g/mol. The Morgan fingerprint density at radius 2 is 2.05 bits per heavy atom. The van der Waals surface area contributed by atoms with Crippen LogP contribution in [-0.4, -0.2) is 24.8 Å². The molecule has 0 aliphatic carbocycles. The van der Waals surface area contributed by atoms with E-state index >= 15 is 0 Å². The van der Waals surface area contributed by atoms with Crippen molar-refractivity contribution in [2.24, 2.45) is 5.73 Å². The van der Waals surface area contributed by atoms with Gasteiger partial charge in [-0.25, -0.2) is 9.18 Å². The minimum atomic E-state index is -0.526. The summed E-state index contributed by atoms with van der Waals surface area (Å²) in [5.74, 6) is -0.356. The molecule has 0 unspecified atom stereocenters. The van der Waals surface area contributed by atoms with E-state index in [1.165, 1.54) is 6.07 Å². The fraction of sp³-hybridized carbons (Fsp3) is 0.500. The Kier molecular flexibility index (Phi) is 5.76. The molecule has 0 heterocycles. The second-order valence-corrected chi connectivity index (χ2v) is 5.37. The molecule has 1 rings (SSSR count). The normalized spacial score (nSPS) is 11.1. The number of rotatable bonds is 5. The zero-order valence-corrected chi connectivity index (χ0v) is 12.1. The third-order valence-electron chi connectivity index (χ3n) is 2.38. The van der Waals surface area contributed by atoms with Crippen molar-refractivity contribution in [3.05, 3.63) is 29.6 Å². The van der Waals surface area contributed by atoms with E-state index in [0.717, 1.165) is 5.56 Å². The van der Waals surface area contributed by atoms with Crippen molar-refractivity contribution in [2.75, 3.05) is 18.4 Å². The van der Waals surface area contributed by atoms with Gasteiger partial charge in [-0.3, -0.25) is 0 Å². The van der Waals surface area contributed by atoms with E-state index in [1.54, 1.807) is 32.9 Å². The second-order valence-electron chi connectivity index (χ2n) is 5.37. The Morgan fingerprint density at radius 1 is 1.35 bits per heavy atom. The van der Waals surface area contributed by atoms with Gasteiger partial charge in [-0.05, 0) is 38.5 Å². The number of halogens is 1. The first-order chi connectivity index (χ1) is 9.31. The third kappa shape index (κ3) is 5.88. The average molecular weight is 283 g/mol. The lowest BCUT2D eigenvalue weighted by Crippen LogP contribution is -2.35. The molecule has 0 bridgehead atoms. The summed E-state index contributed by atoms with van der Waals surface area (Å²) in [5.41, 5.74) is 6.02. The number of anilines is 1. The van der Waals surface area contributed by atoms with Crippen molar-refractivity contribution in [1.82, 2.24) is 5.32 Å². The fourth-order valence-electron chi connectivity index (χ4n) is 1.50. The van der Waals surface area contributed by atoms with E-state index in [9.17, 15) is 9.18 Å². The molecule has 0 saturated carbocycles. The molecule has 1 aromatic rings. The van der Waals surface area contributed by atoms with E-state index in [0.29, 0.717) is 25.3 Å². The lowest BCUT2D eigenvalue weighted by atomic mass is 10.2. The molecule has 112 valence electrons. The second kappa shape index (κ2) is 7.09. The molecule has 0 aromatic heterocycles. The number of amides is 1. The van der Waals surface area contributed by atoms with Crippen LogP contribution in [-0.2, 0) is 11.3 Å². The number of hydrogen-bond acceptors (Lipinski definition) is 4. The highest BCUT2D eigenvalue weighted by atomic mass is 19.1. The Labute approximate surface area is 118 Å². The Bertz CT molecular complexity index is 458. The molecule has 6 heteroatoms. The summed E-state index contributed by atoms with van der Waals surface area (Å²) in [6.45, 7) is 6.42. The summed E-state index contributed by atoms with van der Waals surface area (Å²) in [4.78, 5) is 11.4. The topological polar surface area (TPSA) is 76.4 Å². The van der Waals surface area contributed by atoms with Crippen molar-refractivity contribution < 1.29 is 13.9 Å². The minimum absolute atomic E-state index is 0.303. The highest BCUT2D eigenvalue weighted by Crippen LogP contribution is 2.15. The summed E-state index contributed by atoms with van der Waals surface area (Å²) < 4.78 is 18.7. The van der Waals surface area contributed by atoms with Crippen LogP contribution in [0.25, 0.3) is 0 Å². The van der Waals surface area contributed by atoms with E-state index < -0.39 is 11.7 Å². The van der Waals surface area contributed by atoms with Gasteiger partial charge in [0.15, 0.2) is 0 Å². The van der Waals surface area contributed by atoms with E-state index in [4.69, 9.17) is 10.5 Å². The van der Waals surface area contributed by atoms with Gasteiger partial charge in [0.05, 0.1) is 5.69 Å². The molecule has 0 saturated heterocycles. The first-order valence-corrected chi connectivity index (χ1v) is 6.51. The summed E-state index contributed by atoms with van der Waals surface area (Å²) in [5, 5.41) is 5.48. The smallest absolute Gasteiger partial charge is 0.407 e. The highest BCUT2D eigenvalue weighted by molar-refractivity contribution is 5.67. The average Bonchev–Trinajstić information content (AvgIpc) is 2.33. The number of hydrogen-bond donors (Lipinski definition) is 3. The maximum absolute atomic E-state index is 13.6. The number of ether oxygens (including phenoxy) is 1. The predicted octanol–water partition coefficient (Wildman–Crippen LogP) is 2.22. The molecule has 0 aliphatic heterocycles. The molecule has 0 aliphatic rings. The van der Waals surface area contributed by atoms with Crippen molar-refractivity contribution in [3.63, 3.8) is 0 Å². The van der Waals surface area contributed by atoms with Crippen molar-refractivity contribution in [2.45, 2.75) is 32.9 Å². The Balaban J connectivity index is 2.33. The van der Waals surface area contributed by atoms with E-state index in [2.05, 4.69) is 10.6 Å². The van der Waals surface area contributed by atoms with Crippen LogP contribution in [0.5, 0.6) is 0 Å². The fourth-order valence-corrected chi connectivity index (χ4v) is 1.50. The van der Waals surface area contributed by atoms with Gasteiger partial charge < -0.3 is 21.1 Å². The van der Waals surface area contributed by atoms with E-state index in [-0.39, 0.29) is 5.82 Å². The first kappa shape index (κ1) is 16.2. The number of nitrogens with one attached hydrogen (secondary N) is 2. The zero-order valence-electron chi connectivity index (χ0n) is 12.1. The lowest BCUT2D eigenvalue weighted by molar-refractivity contribution is 0.0530. The predicted molar refractivity (Wildman–Crippen MR) is 77.0 cm³/mol. The maximum Gasteiger partial charge on any atom is 0.407 e. The number of nitrogens with two attached hydrogens (primary N) is 1. The van der Waals surface area contributed by atoms with Crippen LogP contribution in [0.3, 0.4) is 0 Å². The molecule has 0 radical (unpaired) electrons. The number of alkyl carbamates (subject to hydrolysis) is 1. The maximum atomic E-state index is 13.6. The molecule has 1 aromatic carbocycles. The Hall–Kier alpha value is -1.82. The summed E-state index contributed by atoms with van der Waals surface area (Å²) >= 11 is 0. The van der Waals surface area contributed by atoms with Crippen molar-refractivity contribution in [1.29, 1.82) is 0 Å². The SMILES string of the molecule is CC(C)(C)OC(=O)NCCNc1ccc(CN)cc1F. The lowest BCUT2D eigenvalue weighted by Gasteiger charge is -2.19. The van der Waals surface area contributed by atoms with Crippen LogP contribution in [0.15, 0.2) is 18.2 Å². The van der Waals surface area contributed by atoms with E-state index in [1.807, 2.05) is 0 Å². The van der Waals surface area contributed by atoms with Crippen molar-refractivity contribution >= 4 is 11.8 Å². The monoisotopic (exact) mass is 283 g/mol. The number of benzene rings is 1. The van der Waals surface area contributed by atoms with Crippen molar-refractivity contribution in [3.8, 4) is 0 Å². The highest BCUT2D eigenvalue weighted by Gasteiger charge is 2.15. The van der Waals surface area contributed by atoms with Gasteiger partial charge in [-0.2, -0.15) is 0 Å². The van der Waals surface area contributed by atoms with Gasteiger partial charge in [0.2, 0.25) is 0 Å². The number of carbonyl (C=O) groups is 1. The molecule has 4 N–H and O–H groups in total. The van der Waals surface area contributed by atoms with Crippen LogP contribution in [0.4, 0.5) is 14.9 Å². The molecule has 0 atom stereocenters. The van der Waals surface area contributed by atoms with Gasteiger partial charge >= 0.3 is 6.09 Å². The van der Waals surface area contributed by atoms with Gasteiger partial charge in [0.25, 0.3) is 0 Å². The van der Waals surface area contributed by atoms with Crippen LogP contribution in [0.1, 0.15) is 26.3 Å². The third-order valence-corrected chi connectivity index (χ3v) is 2.38. The van der Waals surface area contributed by atoms with Crippen LogP contribution in [0, 0.1) is 5.82 Å². The molecule has 20 heavy (non-hydrogen) atoms. The minimum Gasteiger partial charge on any atom is -0.444 e. The van der Waals surface area contributed by atoms with Crippen LogP contribution in [0.2, 0.25) is 0 Å². The molecule has 5 nitrogen and oxygen atoms in total. The van der Waals surface area contributed by atoms with Crippen LogP contribution >= 0.6 is 0 Å². The van der Waals surface area contributed by atoms with Crippen LogP contribution < -0.4 is 16.4 Å². The molecule has 0 spiro atoms. The Morgan fingerprint density at radius 3 is 2.60 bits per heavy atom. The quantitative estimate of drug-likeness (QED) is 0.724.